The van der Waals surface area contributed by atoms with Gasteiger partial charge in [-0.25, -0.2) is 4.98 Å². The van der Waals surface area contributed by atoms with Gasteiger partial charge in [0.1, 0.15) is 5.75 Å². The molecule has 1 aromatic heterocycles. The Labute approximate surface area is 174 Å². The van der Waals surface area contributed by atoms with Gasteiger partial charge in [0.15, 0.2) is 5.16 Å². The Kier molecular flexibility index (Phi) is 5.78. The van der Waals surface area contributed by atoms with Gasteiger partial charge in [-0.2, -0.15) is 0 Å². The van der Waals surface area contributed by atoms with Gasteiger partial charge in [-0.3, -0.25) is 9.36 Å². The minimum atomic E-state index is 0.0663. The summed E-state index contributed by atoms with van der Waals surface area (Å²) in [5.74, 6) is 1.27. The van der Waals surface area contributed by atoms with Crippen molar-refractivity contribution in [3.63, 3.8) is 0 Å². The van der Waals surface area contributed by atoms with Crippen molar-refractivity contribution in [2.45, 2.75) is 31.2 Å². The van der Waals surface area contributed by atoms with E-state index >= 15 is 0 Å². The number of imidazole rings is 1. The Hall–Kier alpha value is -2.51. The minimum absolute atomic E-state index is 0.0663. The van der Waals surface area contributed by atoms with E-state index in [0.29, 0.717) is 18.8 Å². The molecule has 0 bridgehead atoms. The number of amides is 1. The number of hydrogen-bond donors (Lipinski definition) is 0. The number of para-hydroxylation sites is 2. The second-order valence-electron chi connectivity index (χ2n) is 7.26. The summed E-state index contributed by atoms with van der Waals surface area (Å²) in [6.45, 7) is 5.29. The molecular formula is C22H25N3O3S. The molecule has 1 saturated heterocycles. The monoisotopic (exact) mass is 411 g/mol. The normalized spacial score (nSPS) is 19.5. The first kappa shape index (κ1) is 19.8. The second kappa shape index (κ2) is 8.47. The zero-order valence-corrected chi connectivity index (χ0v) is 17.7. The van der Waals surface area contributed by atoms with E-state index in [-0.39, 0.29) is 18.1 Å². The van der Waals surface area contributed by atoms with Gasteiger partial charge in [0.05, 0.1) is 36.1 Å². The third-order valence-electron chi connectivity index (χ3n) is 4.96. The van der Waals surface area contributed by atoms with Crippen LogP contribution in [0.15, 0.2) is 53.7 Å². The molecule has 0 aliphatic carbocycles. The number of carbonyl (C=O) groups excluding carboxylic acids is 1. The van der Waals surface area contributed by atoms with Crippen LogP contribution in [-0.4, -0.2) is 58.5 Å². The molecule has 2 aromatic carbocycles. The van der Waals surface area contributed by atoms with Gasteiger partial charge in [0.25, 0.3) is 0 Å². The van der Waals surface area contributed by atoms with Crippen molar-refractivity contribution in [3.8, 4) is 11.4 Å². The molecule has 1 amide bonds. The topological polar surface area (TPSA) is 56.6 Å². The van der Waals surface area contributed by atoms with E-state index < -0.39 is 0 Å². The molecule has 152 valence electrons. The predicted molar refractivity (Wildman–Crippen MR) is 115 cm³/mol. The highest BCUT2D eigenvalue weighted by Gasteiger charge is 2.26. The number of morpholine rings is 1. The molecule has 0 spiro atoms. The van der Waals surface area contributed by atoms with Crippen LogP contribution < -0.4 is 4.74 Å². The van der Waals surface area contributed by atoms with E-state index in [1.165, 1.54) is 11.8 Å². The molecule has 6 nitrogen and oxygen atoms in total. The van der Waals surface area contributed by atoms with Crippen LogP contribution in [0.5, 0.6) is 5.75 Å². The van der Waals surface area contributed by atoms with Crippen molar-refractivity contribution in [1.82, 2.24) is 14.5 Å². The number of ether oxygens (including phenoxy) is 2. The minimum Gasteiger partial charge on any atom is -0.497 e. The number of fused-ring (bicyclic) bond motifs is 1. The molecular weight excluding hydrogens is 386 g/mol. The highest BCUT2D eigenvalue weighted by atomic mass is 32.2. The number of hydrogen-bond acceptors (Lipinski definition) is 5. The van der Waals surface area contributed by atoms with Crippen LogP contribution in [0.25, 0.3) is 16.7 Å². The number of rotatable bonds is 5. The zero-order chi connectivity index (χ0) is 20.4. The lowest BCUT2D eigenvalue weighted by Crippen LogP contribution is -2.48. The Balaban J connectivity index is 1.59. The van der Waals surface area contributed by atoms with Crippen LogP contribution in [-0.2, 0) is 9.53 Å². The van der Waals surface area contributed by atoms with Crippen molar-refractivity contribution in [1.29, 1.82) is 0 Å². The van der Waals surface area contributed by atoms with Crippen LogP contribution in [0.2, 0.25) is 0 Å². The molecule has 2 atom stereocenters. The third-order valence-corrected chi connectivity index (χ3v) is 5.88. The zero-order valence-electron chi connectivity index (χ0n) is 16.9. The van der Waals surface area contributed by atoms with Crippen LogP contribution in [0.1, 0.15) is 13.8 Å². The van der Waals surface area contributed by atoms with Crippen LogP contribution >= 0.6 is 11.8 Å². The Bertz CT molecular complexity index is 992. The van der Waals surface area contributed by atoms with Gasteiger partial charge >= 0.3 is 0 Å². The van der Waals surface area contributed by atoms with Crippen molar-refractivity contribution in [3.05, 3.63) is 48.5 Å². The standard InChI is InChI=1S/C22H25N3O3S/c1-15-12-24(13-16(2)28-15)21(26)14-29-22-23-19-6-4-5-7-20(19)25(22)17-8-10-18(27-3)11-9-17/h4-11,15-16H,12-14H2,1-3H3/t15-,16+. The smallest absolute Gasteiger partial charge is 0.233 e. The molecule has 0 radical (unpaired) electrons. The highest BCUT2D eigenvalue weighted by molar-refractivity contribution is 7.99. The van der Waals surface area contributed by atoms with E-state index in [9.17, 15) is 4.79 Å². The Morgan fingerprint density at radius 2 is 1.83 bits per heavy atom. The van der Waals surface area contributed by atoms with Gasteiger partial charge in [-0.05, 0) is 50.2 Å². The van der Waals surface area contributed by atoms with Crippen LogP contribution in [0, 0.1) is 0 Å². The van der Waals surface area contributed by atoms with E-state index in [0.717, 1.165) is 27.6 Å². The molecule has 4 rings (SSSR count). The van der Waals surface area contributed by atoms with Gasteiger partial charge in [-0.1, -0.05) is 23.9 Å². The van der Waals surface area contributed by atoms with E-state index in [1.807, 2.05) is 67.3 Å². The maximum Gasteiger partial charge on any atom is 0.233 e. The lowest BCUT2D eigenvalue weighted by atomic mass is 10.2. The first-order chi connectivity index (χ1) is 14.0. The fourth-order valence-electron chi connectivity index (χ4n) is 3.68. The fraction of sp³-hybridized carbons (Fsp3) is 0.364. The second-order valence-corrected chi connectivity index (χ2v) is 8.20. The number of thioether (sulfide) groups is 1. The summed E-state index contributed by atoms with van der Waals surface area (Å²) in [6, 6.07) is 15.9. The van der Waals surface area contributed by atoms with E-state index in [2.05, 4.69) is 4.57 Å². The maximum atomic E-state index is 12.8. The molecule has 3 aromatic rings. The Morgan fingerprint density at radius 1 is 1.14 bits per heavy atom. The van der Waals surface area contributed by atoms with Crippen LogP contribution in [0.4, 0.5) is 0 Å². The molecule has 2 heterocycles. The van der Waals surface area contributed by atoms with Crippen LogP contribution in [0.3, 0.4) is 0 Å². The SMILES string of the molecule is COc1ccc(-n2c(SCC(=O)N3C[C@@H](C)O[C@@H](C)C3)nc3ccccc32)cc1. The lowest BCUT2D eigenvalue weighted by Gasteiger charge is -2.35. The highest BCUT2D eigenvalue weighted by Crippen LogP contribution is 2.29. The number of benzene rings is 2. The summed E-state index contributed by atoms with van der Waals surface area (Å²) in [6.07, 6.45) is 0.133. The van der Waals surface area contributed by atoms with Crippen molar-refractivity contribution in [2.24, 2.45) is 0 Å². The number of methoxy groups -OCH3 is 1. The molecule has 29 heavy (non-hydrogen) atoms. The van der Waals surface area contributed by atoms with Gasteiger partial charge in [-0.15, -0.1) is 0 Å². The molecule has 1 aliphatic rings. The molecule has 0 unspecified atom stereocenters. The molecule has 0 saturated carbocycles. The quantitative estimate of drug-likeness (QED) is 0.599. The number of carbonyl (C=O) groups is 1. The molecule has 1 fully saturated rings. The molecule has 1 aliphatic heterocycles. The predicted octanol–water partition coefficient (Wildman–Crippen LogP) is 3.76. The first-order valence-electron chi connectivity index (χ1n) is 9.73. The summed E-state index contributed by atoms with van der Waals surface area (Å²) in [4.78, 5) is 19.5. The van der Waals surface area contributed by atoms with Gasteiger partial charge in [0, 0.05) is 18.8 Å². The summed E-state index contributed by atoms with van der Waals surface area (Å²) < 4.78 is 13.1. The van der Waals surface area contributed by atoms with Gasteiger partial charge < -0.3 is 14.4 Å². The summed E-state index contributed by atoms with van der Waals surface area (Å²) in [5, 5.41) is 0.805. The molecule has 7 heteroatoms. The summed E-state index contributed by atoms with van der Waals surface area (Å²) >= 11 is 1.47. The van der Waals surface area contributed by atoms with Crippen molar-refractivity contribution in [2.75, 3.05) is 26.0 Å². The average Bonchev–Trinajstić information content (AvgIpc) is 3.09. The third kappa shape index (κ3) is 4.26. The van der Waals surface area contributed by atoms with Crippen molar-refractivity contribution < 1.29 is 14.3 Å². The summed E-state index contributed by atoms with van der Waals surface area (Å²) in [5.41, 5.74) is 2.91. The number of nitrogens with zero attached hydrogens (tertiary/aromatic N) is 3. The molecule has 0 N–H and O–H groups in total. The first-order valence-corrected chi connectivity index (χ1v) is 10.7. The van der Waals surface area contributed by atoms with Crippen molar-refractivity contribution >= 4 is 28.7 Å². The summed E-state index contributed by atoms with van der Waals surface area (Å²) in [7, 11) is 1.65. The van der Waals surface area contributed by atoms with E-state index in [1.54, 1.807) is 7.11 Å². The fourth-order valence-corrected chi connectivity index (χ4v) is 4.61. The largest absolute Gasteiger partial charge is 0.497 e. The Morgan fingerprint density at radius 3 is 2.52 bits per heavy atom. The number of aromatic nitrogens is 2. The lowest BCUT2D eigenvalue weighted by molar-refractivity contribution is -0.140. The average molecular weight is 412 g/mol. The van der Waals surface area contributed by atoms with Gasteiger partial charge in [0.2, 0.25) is 5.91 Å². The maximum absolute atomic E-state index is 12.8. The van der Waals surface area contributed by atoms with E-state index in [4.69, 9.17) is 14.5 Å².